The van der Waals surface area contributed by atoms with Crippen molar-refractivity contribution in [3.05, 3.63) is 53.9 Å². The third-order valence-electron chi connectivity index (χ3n) is 2.62. The summed E-state index contributed by atoms with van der Waals surface area (Å²) in [5.41, 5.74) is 6.77. The molecular weight excluding hydrogens is 254 g/mol. The van der Waals surface area contributed by atoms with Crippen LogP contribution in [0.3, 0.4) is 0 Å². The highest BCUT2D eigenvalue weighted by Crippen LogP contribution is 2.20. The Morgan fingerprint density at radius 3 is 2.65 bits per heavy atom. The molecule has 1 aromatic carbocycles. The summed E-state index contributed by atoms with van der Waals surface area (Å²) in [7, 11) is 0. The van der Waals surface area contributed by atoms with E-state index < -0.39 is 0 Å². The van der Waals surface area contributed by atoms with Gasteiger partial charge in [0.1, 0.15) is 29.6 Å². The Morgan fingerprint density at radius 1 is 1.20 bits per heavy atom. The van der Waals surface area contributed by atoms with E-state index in [1.54, 1.807) is 12.3 Å². The highest BCUT2D eigenvalue weighted by molar-refractivity contribution is 5.93. The molecule has 2 rings (SSSR count). The maximum Gasteiger partial charge on any atom is 0.141 e. The van der Waals surface area contributed by atoms with Crippen LogP contribution in [0.25, 0.3) is 0 Å². The van der Waals surface area contributed by atoms with E-state index in [1.807, 2.05) is 37.3 Å². The summed E-state index contributed by atoms with van der Waals surface area (Å²) in [4.78, 5) is 4.01. The van der Waals surface area contributed by atoms with E-state index in [9.17, 15) is 0 Å². The van der Waals surface area contributed by atoms with E-state index >= 15 is 0 Å². The Bertz CT molecular complexity index is 599. The van der Waals surface area contributed by atoms with Gasteiger partial charge in [0, 0.05) is 12.3 Å². The van der Waals surface area contributed by atoms with Crippen LogP contribution >= 0.6 is 0 Å². The molecule has 20 heavy (non-hydrogen) atoms. The quantitative estimate of drug-likeness (QED) is 0.624. The molecule has 0 aliphatic rings. The van der Waals surface area contributed by atoms with Crippen LogP contribution in [0.15, 0.2) is 42.6 Å². The first-order valence-corrected chi connectivity index (χ1v) is 6.34. The Morgan fingerprint density at radius 2 is 1.95 bits per heavy atom. The highest BCUT2D eigenvalue weighted by Gasteiger charge is 2.02. The van der Waals surface area contributed by atoms with Gasteiger partial charge in [-0.25, -0.2) is 0 Å². The van der Waals surface area contributed by atoms with Crippen molar-refractivity contribution in [2.75, 3.05) is 6.61 Å². The third-order valence-corrected chi connectivity index (χ3v) is 2.62. The van der Waals surface area contributed by atoms with E-state index in [1.165, 1.54) is 0 Å². The Balaban J connectivity index is 2.03. The van der Waals surface area contributed by atoms with Crippen LogP contribution in [0, 0.1) is 5.41 Å². The molecule has 0 aliphatic heterocycles. The summed E-state index contributed by atoms with van der Waals surface area (Å²) in [6.45, 7) is 2.95. The van der Waals surface area contributed by atoms with Gasteiger partial charge in [-0.3, -0.25) is 10.4 Å². The first kappa shape index (κ1) is 13.9. The van der Waals surface area contributed by atoms with E-state index in [4.69, 9.17) is 20.6 Å². The zero-order valence-corrected chi connectivity index (χ0v) is 11.3. The number of pyridine rings is 1. The summed E-state index contributed by atoms with van der Waals surface area (Å²) in [6.07, 6.45) is 1.62. The molecule has 3 N–H and O–H groups in total. The molecule has 0 spiro atoms. The minimum Gasteiger partial charge on any atom is -0.494 e. The van der Waals surface area contributed by atoms with Crippen LogP contribution in [-0.2, 0) is 6.61 Å². The summed E-state index contributed by atoms with van der Waals surface area (Å²) >= 11 is 0. The first-order chi connectivity index (χ1) is 9.69. The van der Waals surface area contributed by atoms with Crippen molar-refractivity contribution in [3.8, 4) is 11.5 Å². The van der Waals surface area contributed by atoms with Gasteiger partial charge in [-0.05, 0) is 36.8 Å². The Labute approximate surface area is 117 Å². The predicted octanol–water partition coefficient (Wildman–Crippen LogP) is 2.34. The number of nitrogen functional groups attached to an aromatic ring is 1. The molecule has 0 radical (unpaired) electrons. The largest absolute Gasteiger partial charge is 0.494 e. The number of aromatic nitrogens is 1. The molecule has 2 aromatic rings. The average Bonchev–Trinajstić information content (AvgIpc) is 2.46. The van der Waals surface area contributed by atoms with Gasteiger partial charge in [-0.15, -0.1) is 0 Å². The fraction of sp³-hybridized carbons (Fsp3) is 0.200. The highest BCUT2D eigenvalue weighted by atomic mass is 16.5. The van der Waals surface area contributed by atoms with Crippen molar-refractivity contribution in [2.24, 2.45) is 5.73 Å². The topological polar surface area (TPSA) is 81.2 Å². The number of hydrogen-bond donors (Lipinski definition) is 2. The Hall–Kier alpha value is -2.56. The smallest absolute Gasteiger partial charge is 0.141 e. The van der Waals surface area contributed by atoms with Crippen LogP contribution in [0.2, 0.25) is 0 Å². The van der Waals surface area contributed by atoms with Crippen molar-refractivity contribution < 1.29 is 9.47 Å². The van der Waals surface area contributed by atoms with Crippen molar-refractivity contribution in [1.29, 1.82) is 5.41 Å². The van der Waals surface area contributed by atoms with Crippen LogP contribution in [-0.4, -0.2) is 17.4 Å². The normalized spacial score (nSPS) is 10.1. The molecule has 0 atom stereocenters. The zero-order chi connectivity index (χ0) is 14.4. The monoisotopic (exact) mass is 271 g/mol. The number of hydrogen-bond acceptors (Lipinski definition) is 4. The number of benzene rings is 1. The second-order valence-corrected chi connectivity index (χ2v) is 4.16. The summed E-state index contributed by atoms with van der Waals surface area (Å²) in [5.74, 6) is 1.46. The fourth-order valence-corrected chi connectivity index (χ4v) is 1.70. The first-order valence-electron chi connectivity index (χ1n) is 6.34. The van der Waals surface area contributed by atoms with Crippen molar-refractivity contribution in [2.45, 2.75) is 13.5 Å². The number of nitrogens with one attached hydrogen (secondary N) is 1. The molecule has 1 heterocycles. The molecule has 0 saturated carbocycles. The fourth-order valence-electron chi connectivity index (χ4n) is 1.70. The molecular formula is C15H17N3O2. The molecule has 0 bridgehead atoms. The third kappa shape index (κ3) is 3.71. The second kappa shape index (κ2) is 6.56. The van der Waals surface area contributed by atoms with Gasteiger partial charge < -0.3 is 15.2 Å². The number of nitrogens with two attached hydrogens (primary N) is 1. The lowest BCUT2D eigenvalue weighted by Gasteiger charge is -2.09. The lowest BCUT2D eigenvalue weighted by atomic mass is 10.2. The molecule has 0 fully saturated rings. The molecule has 1 aromatic heterocycles. The SMILES string of the molecule is CCOc1cccc(OCc2ccnc(C(=N)N)c2)c1. The van der Waals surface area contributed by atoms with Crippen molar-refractivity contribution >= 4 is 5.84 Å². The Kier molecular flexibility index (Phi) is 4.55. The van der Waals surface area contributed by atoms with Crippen LogP contribution in [0.1, 0.15) is 18.2 Å². The summed E-state index contributed by atoms with van der Waals surface area (Å²) in [5, 5.41) is 7.36. The molecule has 0 unspecified atom stereocenters. The number of ether oxygens (including phenoxy) is 2. The number of rotatable bonds is 6. The minimum absolute atomic E-state index is 0.0507. The van der Waals surface area contributed by atoms with Gasteiger partial charge in [0.2, 0.25) is 0 Å². The van der Waals surface area contributed by atoms with Crippen LogP contribution in [0.5, 0.6) is 11.5 Å². The van der Waals surface area contributed by atoms with Crippen molar-refractivity contribution in [3.63, 3.8) is 0 Å². The molecule has 5 heteroatoms. The van der Waals surface area contributed by atoms with E-state index in [2.05, 4.69) is 4.98 Å². The van der Waals surface area contributed by atoms with Gasteiger partial charge in [-0.2, -0.15) is 0 Å². The van der Waals surface area contributed by atoms with Crippen LogP contribution in [0.4, 0.5) is 0 Å². The van der Waals surface area contributed by atoms with Gasteiger partial charge in [-0.1, -0.05) is 6.07 Å². The lowest BCUT2D eigenvalue weighted by Crippen LogP contribution is -2.13. The van der Waals surface area contributed by atoms with E-state index in [0.29, 0.717) is 18.9 Å². The van der Waals surface area contributed by atoms with Crippen molar-refractivity contribution in [1.82, 2.24) is 4.98 Å². The van der Waals surface area contributed by atoms with E-state index in [-0.39, 0.29) is 5.84 Å². The lowest BCUT2D eigenvalue weighted by molar-refractivity contribution is 0.299. The van der Waals surface area contributed by atoms with Gasteiger partial charge in [0.25, 0.3) is 0 Å². The molecule has 0 aliphatic carbocycles. The maximum absolute atomic E-state index is 7.36. The van der Waals surface area contributed by atoms with Gasteiger partial charge >= 0.3 is 0 Å². The standard InChI is InChI=1S/C15H17N3O2/c1-2-19-12-4-3-5-13(9-12)20-10-11-6-7-18-14(8-11)15(16)17/h3-9H,2,10H2,1H3,(H3,16,17). The number of amidine groups is 1. The maximum atomic E-state index is 7.36. The predicted molar refractivity (Wildman–Crippen MR) is 77.2 cm³/mol. The van der Waals surface area contributed by atoms with Gasteiger partial charge in [0.05, 0.1) is 6.61 Å². The zero-order valence-electron chi connectivity index (χ0n) is 11.3. The van der Waals surface area contributed by atoms with E-state index in [0.717, 1.165) is 17.1 Å². The molecule has 0 amide bonds. The molecule has 0 saturated heterocycles. The second-order valence-electron chi connectivity index (χ2n) is 4.16. The minimum atomic E-state index is -0.0507. The van der Waals surface area contributed by atoms with Crippen LogP contribution < -0.4 is 15.2 Å². The average molecular weight is 271 g/mol. The number of nitrogens with zero attached hydrogens (tertiary/aromatic N) is 1. The summed E-state index contributed by atoms with van der Waals surface area (Å²) in [6, 6.07) is 11.1. The summed E-state index contributed by atoms with van der Waals surface area (Å²) < 4.78 is 11.1. The molecule has 104 valence electrons. The van der Waals surface area contributed by atoms with Gasteiger partial charge in [0.15, 0.2) is 0 Å². The molecule has 5 nitrogen and oxygen atoms in total.